The van der Waals surface area contributed by atoms with Crippen LogP contribution in [0.25, 0.3) is 0 Å². The van der Waals surface area contributed by atoms with Crippen LogP contribution in [-0.4, -0.2) is 15.5 Å². The molecule has 5 nitrogen and oxygen atoms in total. The van der Waals surface area contributed by atoms with Gasteiger partial charge in [-0.05, 0) is 24.3 Å². The molecule has 0 spiro atoms. The maximum absolute atomic E-state index is 12.0. The third-order valence-corrected chi connectivity index (χ3v) is 4.21. The first-order valence-corrected chi connectivity index (χ1v) is 7.74. The summed E-state index contributed by atoms with van der Waals surface area (Å²) in [5.74, 6) is -0.00266. The van der Waals surface area contributed by atoms with E-state index in [0.717, 1.165) is 10.6 Å². The lowest BCUT2D eigenvalue weighted by molar-refractivity contribution is -0.122. The minimum absolute atomic E-state index is 0.0140. The third-order valence-electron chi connectivity index (χ3n) is 3.15. The fraction of sp³-hybridized carbons (Fsp3) is 0.400. The van der Waals surface area contributed by atoms with Gasteiger partial charge in [-0.2, -0.15) is 0 Å². The Morgan fingerprint density at radius 3 is 2.76 bits per heavy atom. The number of nitrogens with one attached hydrogen (secondary N) is 1. The Morgan fingerprint density at radius 2 is 2.19 bits per heavy atom. The monoisotopic (exact) mass is 305 g/mol. The molecule has 1 atom stereocenters. The highest BCUT2D eigenvalue weighted by molar-refractivity contribution is 7.10. The molecule has 6 heteroatoms. The number of hydrogen-bond donors (Lipinski definition) is 1. The van der Waals surface area contributed by atoms with Crippen molar-refractivity contribution >= 4 is 17.2 Å². The molecule has 0 saturated carbocycles. The molecule has 1 unspecified atom stereocenters. The van der Waals surface area contributed by atoms with Gasteiger partial charge in [0, 0.05) is 10.9 Å². The Hall–Kier alpha value is -1.95. The van der Waals surface area contributed by atoms with Crippen molar-refractivity contribution in [3.05, 3.63) is 50.8 Å². The summed E-state index contributed by atoms with van der Waals surface area (Å²) in [6.07, 6.45) is 1.44. The molecule has 2 aromatic rings. The molecule has 1 amide bonds. The molecule has 0 radical (unpaired) electrons. The standard InChI is InChI=1S/C15H19N3O2S/c1-10(2)12-7-15(20)18(9-16-12)8-14(19)17-11(3)13-5-4-6-21-13/h4-7,9-11H,8H2,1-3H3,(H,17,19). The van der Waals surface area contributed by atoms with Crippen LogP contribution < -0.4 is 10.9 Å². The number of aromatic nitrogens is 2. The van der Waals surface area contributed by atoms with Crippen LogP contribution in [0, 0.1) is 0 Å². The van der Waals surface area contributed by atoms with Crippen LogP contribution in [0.1, 0.15) is 43.3 Å². The maximum atomic E-state index is 12.0. The Kier molecular flexibility index (Phi) is 4.90. The van der Waals surface area contributed by atoms with E-state index in [9.17, 15) is 9.59 Å². The summed E-state index contributed by atoms with van der Waals surface area (Å²) < 4.78 is 1.32. The van der Waals surface area contributed by atoms with Gasteiger partial charge in [-0.15, -0.1) is 11.3 Å². The van der Waals surface area contributed by atoms with Crippen molar-refractivity contribution in [3.8, 4) is 0 Å². The van der Waals surface area contributed by atoms with E-state index >= 15 is 0 Å². The summed E-state index contributed by atoms with van der Waals surface area (Å²) in [6.45, 7) is 5.86. The molecule has 1 N–H and O–H groups in total. The predicted octanol–water partition coefficient (Wildman–Crippen LogP) is 2.31. The molecule has 2 rings (SSSR count). The van der Waals surface area contributed by atoms with E-state index in [1.165, 1.54) is 17.0 Å². The molecule has 0 fully saturated rings. The minimum Gasteiger partial charge on any atom is -0.347 e. The van der Waals surface area contributed by atoms with Crippen molar-refractivity contribution < 1.29 is 4.79 Å². The molecule has 0 saturated heterocycles. The highest BCUT2D eigenvalue weighted by Crippen LogP contribution is 2.17. The van der Waals surface area contributed by atoms with Gasteiger partial charge in [0.25, 0.3) is 5.56 Å². The minimum atomic E-state index is -0.201. The molecule has 0 aromatic carbocycles. The Labute approximate surface area is 127 Å². The first kappa shape index (κ1) is 15.4. The molecule has 21 heavy (non-hydrogen) atoms. The van der Waals surface area contributed by atoms with E-state index in [0.29, 0.717) is 0 Å². The second kappa shape index (κ2) is 6.67. The van der Waals surface area contributed by atoms with Crippen LogP contribution in [0.5, 0.6) is 0 Å². The Bertz CT molecular complexity index is 662. The zero-order chi connectivity index (χ0) is 15.4. The maximum Gasteiger partial charge on any atom is 0.254 e. The third kappa shape index (κ3) is 4.01. The van der Waals surface area contributed by atoms with Crippen molar-refractivity contribution in [1.82, 2.24) is 14.9 Å². The van der Waals surface area contributed by atoms with Crippen molar-refractivity contribution in [2.45, 2.75) is 39.3 Å². The fourth-order valence-corrected chi connectivity index (χ4v) is 2.66. The van der Waals surface area contributed by atoms with Crippen LogP contribution >= 0.6 is 11.3 Å². The molecular formula is C15H19N3O2S. The molecule has 0 aliphatic heterocycles. The van der Waals surface area contributed by atoms with Crippen molar-refractivity contribution in [1.29, 1.82) is 0 Å². The van der Waals surface area contributed by atoms with E-state index < -0.39 is 0 Å². The van der Waals surface area contributed by atoms with Crippen molar-refractivity contribution in [3.63, 3.8) is 0 Å². The smallest absolute Gasteiger partial charge is 0.254 e. The van der Waals surface area contributed by atoms with E-state index in [1.54, 1.807) is 11.3 Å². The number of hydrogen-bond acceptors (Lipinski definition) is 4. The van der Waals surface area contributed by atoms with E-state index in [1.807, 2.05) is 38.3 Å². The zero-order valence-corrected chi connectivity index (χ0v) is 13.2. The van der Waals surface area contributed by atoms with Gasteiger partial charge in [0.05, 0.1) is 18.1 Å². The summed E-state index contributed by atoms with van der Waals surface area (Å²) in [4.78, 5) is 29.2. The van der Waals surface area contributed by atoms with Crippen LogP contribution in [-0.2, 0) is 11.3 Å². The van der Waals surface area contributed by atoms with E-state index in [4.69, 9.17) is 0 Å². The number of thiophene rings is 1. The molecule has 0 bridgehead atoms. The van der Waals surface area contributed by atoms with Crippen molar-refractivity contribution in [2.24, 2.45) is 0 Å². The first-order valence-electron chi connectivity index (χ1n) is 6.86. The summed E-state index contributed by atoms with van der Waals surface area (Å²) in [6, 6.07) is 5.35. The van der Waals surface area contributed by atoms with Gasteiger partial charge >= 0.3 is 0 Å². The average molecular weight is 305 g/mol. The van der Waals surface area contributed by atoms with Gasteiger partial charge in [0.1, 0.15) is 6.54 Å². The van der Waals surface area contributed by atoms with Crippen LogP contribution in [0.2, 0.25) is 0 Å². The van der Waals surface area contributed by atoms with Gasteiger partial charge in [0.15, 0.2) is 0 Å². The lowest BCUT2D eigenvalue weighted by Gasteiger charge is -2.13. The summed E-state index contributed by atoms with van der Waals surface area (Å²) >= 11 is 1.59. The normalized spacial score (nSPS) is 12.4. The van der Waals surface area contributed by atoms with Gasteiger partial charge in [-0.25, -0.2) is 4.98 Å². The predicted molar refractivity (Wildman–Crippen MR) is 83.5 cm³/mol. The highest BCUT2D eigenvalue weighted by Gasteiger charge is 2.12. The van der Waals surface area contributed by atoms with E-state index in [-0.39, 0.29) is 30.0 Å². The second-order valence-corrected chi connectivity index (χ2v) is 6.22. The van der Waals surface area contributed by atoms with Crippen LogP contribution in [0.3, 0.4) is 0 Å². The number of nitrogens with zero attached hydrogens (tertiary/aromatic N) is 2. The van der Waals surface area contributed by atoms with Crippen LogP contribution in [0.15, 0.2) is 34.7 Å². The molecule has 0 aliphatic rings. The lowest BCUT2D eigenvalue weighted by Crippen LogP contribution is -2.33. The fourth-order valence-electron chi connectivity index (χ4n) is 1.93. The topological polar surface area (TPSA) is 64.0 Å². The largest absolute Gasteiger partial charge is 0.347 e. The molecule has 2 heterocycles. The number of amides is 1. The SMILES string of the molecule is CC(C)c1cc(=O)n(CC(=O)NC(C)c2cccs2)cn1. The van der Waals surface area contributed by atoms with Crippen LogP contribution in [0.4, 0.5) is 0 Å². The summed E-state index contributed by atoms with van der Waals surface area (Å²) in [5, 5.41) is 4.85. The molecule has 2 aromatic heterocycles. The highest BCUT2D eigenvalue weighted by atomic mass is 32.1. The second-order valence-electron chi connectivity index (χ2n) is 5.24. The summed E-state index contributed by atoms with van der Waals surface area (Å²) in [7, 11) is 0. The Balaban J connectivity index is 2.01. The van der Waals surface area contributed by atoms with Gasteiger partial charge in [0.2, 0.25) is 5.91 Å². The van der Waals surface area contributed by atoms with Crippen molar-refractivity contribution in [2.75, 3.05) is 0 Å². The molecular weight excluding hydrogens is 286 g/mol. The number of carbonyl (C=O) groups excluding carboxylic acids is 1. The van der Waals surface area contributed by atoms with E-state index in [2.05, 4.69) is 10.3 Å². The number of rotatable bonds is 5. The van der Waals surface area contributed by atoms with Gasteiger partial charge in [-0.1, -0.05) is 19.9 Å². The first-order chi connectivity index (χ1) is 9.97. The molecule has 0 aliphatic carbocycles. The number of carbonyl (C=O) groups is 1. The quantitative estimate of drug-likeness (QED) is 0.922. The zero-order valence-electron chi connectivity index (χ0n) is 12.4. The average Bonchev–Trinajstić information content (AvgIpc) is 2.94. The summed E-state index contributed by atoms with van der Waals surface area (Å²) in [5.41, 5.74) is 0.538. The van der Waals surface area contributed by atoms with Gasteiger partial charge in [-0.3, -0.25) is 14.2 Å². The lowest BCUT2D eigenvalue weighted by atomic mass is 10.1. The molecule has 112 valence electrons. The van der Waals surface area contributed by atoms with Gasteiger partial charge < -0.3 is 5.32 Å². The Morgan fingerprint density at radius 1 is 1.43 bits per heavy atom.